The Morgan fingerprint density at radius 2 is 2.00 bits per heavy atom. The molecule has 0 saturated heterocycles. The van der Waals surface area contributed by atoms with Crippen LogP contribution < -0.4 is 0 Å². The number of carbonyl (C=O) groups excluding carboxylic acids is 1. The van der Waals surface area contributed by atoms with Crippen molar-refractivity contribution in [2.75, 3.05) is 0 Å². The summed E-state index contributed by atoms with van der Waals surface area (Å²) in [6.45, 7) is 5.77. The Labute approximate surface area is 90.4 Å². The first-order chi connectivity index (χ1) is 7.11. The lowest BCUT2D eigenvalue weighted by Crippen LogP contribution is -2.14. The number of rotatable bonds is 3. The van der Waals surface area contributed by atoms with Gasteiger partial charge < -0.3 is 0 Å². The Bertz CT molecular complexity index is 412. The minimum absolute atomic E-state index is 0.516. The van der Waals surface area contributed by atoms with Gasteiger partial charge >= 0.3 is 0 Å². The van der Waals surface area contributed by atoms with E-state index in [1.807, 2.05) is 57.2 Å². The summed E-state index contributed by atoms with van der Waals surface area (Å²) in [5.41, 5.74) is 1.60. The molecule has 1 aromatic rings. The molecular weight excluding hydrogens is 186 g/mol. The molecule has 0 N–H and O–H groups in total. The van der Waals surface area contributed by atoms with Crippen LogP contribution >= 0.6 is 0 Å². The number of aliphatic imine (C=N–C) groups is 1. The molecule has 0 unspecified atom stereocenters. The third kappa shape index (κ3) is 2.64. The first-order valence-electron chi connectivity index (χ1n) is 4.93. The second-order valence-electron chi connectivity index (χ2n) is 3.85. The lowest BCUT2D eigenvalue weighted by molar-refractivity contribution is 0.522. The Hall–Kier alpha value is -1.66. The SMILES string of the molecule is CC=Cc1ccccc1C(C)(C)N=C=O. The molecule has 0 bridgehead atoms. The van der Waals surface area contributed by atoms with Crippen LogP contribution in [0.15, 0.2) is 35.3 Å². The van der Waals surface area contributed by atoms with Gasteiger partial charge in [-0.15, -0.1) is 0 Å². The summed E-state index contributed by atoms with van der Waals surface area (Å²) < 4.78 is 0. The van der Waals surface area contributed by atoms with Crippen LogP contribution in [-0.4, -0.2) is 6.08 Å². The van der Waals surface area contributed by atoms with Gasteiger partial charge in [0, 0.05) is 0 Å². The molecule has 15 heavy (non-hydrogen) atoms. The van der Waals surface area contributed by atoms with Crippen molar-refractivity contribution in [2.45, 2.75) is 26.3 Å². The van der Waals surface area contributed by atoms with Crippen LogP contribution in [0.3, 0.4) is 0 Å². The van der Waals surface area contributed by atoms with E-state index in [1.54, 1.807) is 6.08 Å². The second-order valence-corrected chi connectivity index (χ2v) is 3.85. The fourth-order valence-electron chi connectivity index (χ4n) is 1.55. The van der Waals surface area contributed by atoms with Gasteiger partial charge in [0.1, 0.15) is 0 Å². The molecule has 0 spiro atoms. The maximum atomic E-state index is 10.4. The molecule has 0 heterocycles. The van der Waals surface area contributed by atoms with Crippen LogP contribution in [0.25, 0.3) is 6.08 Å². The van der Waals surface area contributed by atoms with Crippen LogP contribution in [-0.2, 0) is 10.3 Å². The van der Waals surface area contributed by atoms with Gasteiger partial charge in [0.15, 0.2) is 0 Å². The van der Waals surface area contributed by atoms with E-state index >= 15 is 0 Å². The fraction of sp³-hybridized carbons (Fsp3) is 0.308. The number of isocyanates is 1. The molecule has 2 nitrogen and oxygen atoms in total. The topological polar surface area (TPSA) is 29.4 Å². The summed E-state index contributed by atoms with van der Waals surface area (Å²) >= 11 is 0. The zero-order valence-electron chi connectivity index (χ0n) is 9.32. The van der Waals surface area contributed by atoms with Crippen molar-refractivity contribution in [3.8, 4) is 0 Å². The van der Waals surface area contributed by atoms with Crippen molar-refractivity contribution in [1.82, 2.24) is 0 Å². The van der Waals surface area contributed by atoms with Gasteiger partial charge in [-0.1, -0.05) is 36.4 Å². The molecule has 1 rings (SSSR count). The largest absolute Gasteiger partial charge is 0.235 e. The Balaban J connectivity index is 3.29. The zero-order valence-corrected chi connectivity index (χ0v) is 9.32. The Kier molecular flexibility index (Phi) is 3.59. The molecule has 0 aliphatic rings. The van der Waals surface area contributed by atoms with Gasteiger partial charge in [-0.25, -0.2) is 4.79 Å². The lowest BCUT2D eigenvalue weighted by Gasteiger charge is -2.20. The highest BCUT2D eigenvalue weighted by Gasteiger charge is 2.21. The van der Waals surface area contributed by atoms with E-state index in [9.17, 15) is 4.79 Å². The van der Waals surface area contributed by atoms with E-state index in [4.69, 9.17) is 0 Å². The molecule has 2 heteroatoms. The van der Waals surface area contributed by atoms with Gasteiger partial charge in [0.25, 0.3) is 0 Å². The van der Waals surface area contributed by atoms with Crippen molar-refractivity contribution in [2.24, 2.45) is 4.99 Å². The highest BCUT2D eigenvalue weighted by Crippen LogP contribution is 2.28. The Morgan fingerprint density at radius 3 is 2.60 bits per heavy atom. The highest BCUT2D eigenvalue weighted by atomic mass is 16.1. The number of hydrogen-bond acceptors (Lipinski definition) is 2. The van der Waals surface area contributed by atoms with Gasteiger partial charge in [-0.2, -0.15) is 4.99 Å². The maximum Gasteiger partial charge on any atom is 0.235 e. The van der Waals surface area contributed by atoms with Crippen LogP contribution in [0.5, 0.6) is 0 Å². The van der Waals surface area contributed by atoms with Crippen molar-refractivity contribution < 1.29 is 4.79 Å². The van der Waals surface area contributed by atoms with E-state index in [0.29, 0.717) is 0 Å². The molecule has 0 radical (unpaired) electrons. The monoisotopic (exact) mass is 201 g/mol. The maximum absolute atomic E-state index is 10.4. The van der Waals surface area contributed by atoms with E-state index in [1.165, 1.54) is 0 Å². The average molecular weight is 201 g/mol. The van der Waals surface area contributed by atoms with Crippen molar-refractivity contribution in [1.29, 1.82) is 0 Å². The normalized spacial score (nSPS) is 11.4. The van der Waals surface area contributed by atoms with Gasteiger partial charge in [0.2, 0.25) is 6.08 Å². The molecule has 0 atom stereocenters. The van der Waals surface area contributed by atoms with Crippen LogP contribution in [0, 0.1) is 0 Å². The van der Waals surface area contributed by atoms with Gasteiger partial charge in [0.05, 0.1) is 5.54 Å². The van der Waals surface area contributed by atoms with Gasteiger partial charge in [-0.3, -0.25) is 0 Å². The molecular formula is C13H15NO. The first-order valence-corrected chi connectivity index (χ1v) is 4.93. The van der Waals surface area contributed by atoms with Gasteiger partial charge in [-0.05, 0) is 31.9 Å². The smallest absolute Gasteiger partial charge is 0.211 e. The lowest BCUT2D eigenvalue weighted by atomic mass is 9.90. The third-order valence-corrected chi connectivity index (χ3v) is 2.29. The van der Waals surface area contributed by atoms with Crippen molar-refractivity contribution >= 4 is 12.2 Å². The van der Waals surface area contributed by atoms with E-state index in [-0.39, 0.29) is 0 Å². The second kappa shape index (κ2) is 4.72. The highest BCUT2D eigenvalue weighted by molar-refractivity contribution is 5.56. The molecule has 0 saturated carbocycles. The quantitative estimate of drug-likeness (QED) is 0.545. The minimum Gasteiger partial charge on any atom is -0.211 e. The summed E-state index contributed by atoms with van der Waals surface area (Å²) in [4.78, 5) is 14.2. The average Bonchev–Trinajstić information content (AvgIpc) is 2.19. The van der Waals surface area contributed by atoms with Crippen LogP contribution in [0.4, 0.5) is 0 Å². The molecule has 0 aliphatic heterocycles. The number of hydrogen-bond donors (Lipinski definition) is 0. The summed E-state index contributed by atoms with van der Waals surface area (Å²) in [6, 6.07) is 7.91. The molecule has 0 amide bonds. The Morgan fingerprint density at radius 1 is 1.33 bits per heavy atom. The summed E-state index contributed by atoms with van der Waals surface area (Å²) in [5.74, 6) is 0. The van der Waals surface area contributed by atoms with Crippen molar-refractivity contribution in [3.63, 3.8) is 0 Å². The minimum atomic E-state index is -0.516. The molecule has 0 aliphatic carbocycles. The van der Waals surface area contributed by atoms with E-state index < -0.39 is 5.54 Å². The third-order valence-electron chi connectivity index (χ3n) is 2.29. The first kappa shape index (κ1) is 11.4. The van der Waals surface area contributed by atoms with Crippen molar-refractivity contribution in [3.05, 3.63) is 41.5 Å². The standard InChI is InChI=1S/C13H15NO/c1-4-7-11-8-5-6-9-12(11)13(2,3)14-10-15/h4-9H,1-3H3. The zero-order chi connectivity index (χ0) is 11.3. The molecule has 78 valence electrons. The van der Waals surface area contributed by atoms with Crippen LogP contribution in [0.2, 0.25) is 0 Å². The summed E-state index contributed by atoms with van der Waals surface area (Å²) in [5, 5.41) is 0. The molecule has 0 fully saturated rings. The molecule has 0 aromatic heterocycles. The summed E-state index contributed by atoms with van der Waals surface area (Å²) in [7, 11) is 0. The number of benzene rings is 1. The predicted molar refractivity (Wildman–Crippen MR) is 62.3 cm³/mol. The van der Waals surface area contributed by atoms with E-state index in [0.717, 1.165) is 11.1 Å². The predicted octanol–water partition coefficient (Wildman–Crippen LogP) is 3.29. The fourth-order valence-corrected chi connectivity index (χ4v) is 1.55. The number of nitrogens with zero attached hydrogens (tertiary/aromatic N) is 1. The molecule has 1 aromatic carbocycles. The van der Waals surface area contributed by atoms with Crippen LogP contribution in [0.1, 0.15) is 31.9 Å². The number of allylic oxidation sites excluding steroid dienone is 1. The van der Waals surface area contributed by atoms with E-state index in [2.05, 4.69) is 4.99 Å². The summed E-state index contributed by atoms with van der Waals surface area (Å²) in [6.07, 6.45) is 5.61.